The topological polar surface area (TPSA) is 40.5 Å². The van der Waals surface area contributed by atoms with Crippen LogP contribution in [0.2, 0.25) is 0 Å². The lowest BCUT2D eigenvalue weighted by Crippen LogP contribution is -2.56. The van der Waals surface area contributed by atoms with E-state index in [2.05, 4.69) is 36.8 Å². The van der Waals surface area contributed by atoms with Gasteiger partial charge in [-0.3, -0.25) is 0 Å². The molecule has 0 unspecified atom stereocenters. The standard InChI is InChI=1S/C16H19Br2NO2/c17-11-7-12(15(20)21)14(13(18)8-11)19-9-16(10-19)5-3-1-2-4-6-16/h7-8H,1-6,9-10H2,(H,20,21). The number of carboxylic acids is 1. The minimum Gasteiger partial charge on any atom is -0.478 e. The molecule has 2 aliphatic rings. The fraction of sp³-hybridized carbons (Fsp3) is 0.562. The Labute approximate surface area is 142 Å². The van der Waals surface area contributed by atoms with Crippen LogP contribution in [0.25, 0.3) is 0 Å². The molecule has 114 valence electrons. The molecule has 3 nitrogen and oxygen atoms in total. The molecule has 0 amide bonds. The van der Waals surface area contributed by atoms with Gasteiger partial charge in [0.1, 0.15) is 0 Å². The second kappa shape index (κ2) is 5.92. The number of hydrogen-bond donors (Lipinski definition) is 1. The zero-order chi connectivity index (χ0) is 15.0. The van der Waals surface area contributed by atoms with E-state index in [9.17, 15) is 9.90 Å². The van der Waals surface area contributed by atoms with Crippen LogP contribution in [0.5, 0.6) is 0 Å². The summed E-state index contributed by atoms with van der Waals surface area (Å²) in [6, 6.07) is 3.63. The van der Waals surface area contributed by atoms with Crippen molar-refractivity contribution in [1.82, 2.24) is 0 Å². The van der Waals surface area contributed by atoms with Crippen LogP contribution < -0.4 is 4.90 Å². The lowest BCUT2D eigenvalue weighted by atomic mass is 9.73. The minimum absolute atomic E-state index is 0.375. The number of hydrogen-bond acceptors (Lipinski definition) is 2. The Morgan fingerprint density at radius 2 is 1.71 bits per heavy atom. The van der Waals surface area contributed by atoms with Gasteiger partial charge in [0, 0.05) is 27.4 Å². The molecule has 1 saturated carbocycles. The van der Waals surface area contributed by atoms with Crippen LogP contribution in [0.3, 0.4) is 0 Å². The Bertz CT molecular complexity index is 558. The molecule has 1 aliphatic heterocycles. The third-order valence-electron chi connectivity index (χ3n) is 4.79. The number of carbonyl (C=O) groups is 1. The number of halogens is 2. The molecule has 0 bridgehead atoms. The summed E-state index contributed by atoms with van der Waals surface area (Å²) in [5, 5.41) is 9.46. The van der Waals surface area contributed by atoms with Crippen molar-refractivity contribution >= 4 is 43.5 Å². The molecule has 3 rings (SSSR count). The number of aromatic carboxylic acids is 1. The third kappa shape index (κ3) is 3.00. The van der Waals surface area contributed by atoms with Gasteiger partial charge in [-0.05, 0) is 40.9 Å². The molecule has 1 aromatic rings. The van der Waals surface area contributed by atoms with E-state index in [1.807, 2.05) is 6.07 Å². The van der Waals surface area contributed by atoms with Gasteiger partial charge in [-0.2, -0.15) is 0 Å². The molecule has 1 heterocycles. The largest absolute Gasteiger partial charge is 0.478 e. The Morgan fingerprint density at radius 3 is 2.29 bits per heavy atom. The maximum absolute atomic E-state index is 11.5. The van der Waals surface area contributed by atoms with Crippen molar-refractivity contribution in [3.05, 3.63) is 26.6 Å². The number of anilines is 1. The highest BCUT2D eigenvalue weighted by atomic mass is 79.9. The highest BCUT2D eigenvalue weighted by molar-refractivity contribution is 9.11. The molecule has 2 fully saturated rings. The molecule has 5 heteroatoms. The zero-order valence-corrected chi connectivity index (χ0v) is 15.0. The molecular weight excluding hydrogens is 398 g/mol. The van der Waals surface area contributed by atoms with Crippen LogP contribution in [0.15, 0.2) is 21.1 Å². The first kappa shape index (κ1) is 15.3. The maximum atomic E-state index is 11.5. The summed E-state index contributed by atoms with van der Waals surface area (Å²) in [6.07, 6.45) is 7.93. The molecule has 0 atom stereocenters. The summed E-state index contributed by atoms with van der Waals surface area (Å²) in [4.78, 5) is 13.8. The van der Waals surface area contributed by atoms with E-state index in [1.165, 1.54) is 38.5 Å². The van der Waals surface area contributed by atoms with Gasteiger partial charge >= 0.3 is 5.97 Å². The summed E-state index contributed by atoms with van der Waals surface area (Å²) in [7, 11) is 0. The second-order valence-electron chi connectivity index (χ2n) is 6.36. The van der Waals surface area contributed by atoms with Gasteiger partial charge in [0.25, 0.3) is 0 Å². The van der Waals surface area contributed by atoms with Crippen molar-refractivity contribution in [2.45, 2.75) is 38.5 Å². The van der Waals surface area contributed by atoms with Gasteiger partial charge in [-0.25, -0.2) is 4.79 Å². The molecule has 1 spiro atoms. The lowest BCUT2D eigenvalue weighted by Gasteiger charge is -2.52. The van der Waals surface area contributed by atoms with Crippen LogP contribution in [-0.4, -0.2) is 24.2 Å². The quantitative estimate of drug-likeness (QED) is 0.731. The molecule has 0 radical (unpaired) electrons. The molecule has 21 heavy (non-hydrogen) atoms. The van der Waals surface area contributed by atoms with E-state index in [0.29, 0.717) is 11.0 Å². The highest BCUT2D eigenvalue weighted by Crippen LogP contribution is 2.47. The predicted molar refractivity (Wildman–Crippen MR) is 91.1 cm³/mol. The summed E-state index contributed by atoms with van der Waals surface area (Å²) in [5.41, 5.74) is 1.64. The zero-order valence-electron chi connectivity index (χ0n) is 11.9. The van der Waals surface area contributed by atoms with Gasteiger partial charge in [0.05, 0.1) is 11.3 Å². The van der Waals surface area contributed by atoms with Crippen molar-refractivity contribution in [2.24, 2.45) is 5.41 Å². The smallest absolute Gasteiger partial charge is 0.337 e. The van der Waals surface area contributed by atoms with Gasteiger partial charge in [-0.15, -0.1) is 0 Å². The Kier molecular flexibility index (Phi) is 4.33. The van der Waals surface area contributed by atoms with Crippen molar-refractivity contribution in [3.8, 4) is 0 Å². The normalized spacial score (nSPS) is 21.0. The van der Waals surface area contributed by atoms with Crippen molar-refractivity contribution in [3.63, 3.8) is 0 Å². The molecular formula is C16H19Br2NO2. The first-order valence-electron chi connectivity index (χ1n) is 7.48. The van der Waals surface area contributed by atoms with Gasteiger partial charge in [-0.1, -0.05) is 41.6 Å². The maximum Gasteiger partial charge on any atom is 0.337 e. The second-order valence-corrected chi connectivity index (χ2v) is 8.13. The SMILES string of the molecule is O=C(O)c1cc(Br)cc(Br)c1N1CC2(CCCCCC2)C1. The van der Waals surface area contributed by atoms with E-state index in [1.54, 1.807) is 6.07 Å². The summed E-state index contributed by atoms with van der Waals surface area (Å²) in [6.45, 7) is 1.99. The fourth-order valence-electron chi connectivity index (χ4n) is 3.77. The molecule has 1 saturated heterocycles. The van der Waals surface area contributed by atoms with Crippen molar-refractivity contribution < 1.29 is 9.90 Å². The van der Waals surface area contributed by atoms with E-state index in [4.69, 9.17) is 0 Å². The number of carboxylic acid groups (broad SMARTS) is 1. The first-order valence-corrected chi connectivity index (χ1v) is 9.07. The molecule has 0 aromatic heterocycles. The van der Waals surface area contributed by atoms with E-state index < -0.39 is 5.97 Å². The molecule has 1 aliphatic carbocycles. The average molecular weight is 417 g/mol. The fourth-order valence-corrected chi connectivity index (χ4v) is 5.24. The first-order chi connectivity index (χ1) is 10.0. The highest BCUT2D eigenvalue weighted by Gasteiger charge is 2.44. The molecule has 1 N–H and O–H groups in total. The number of benzene rings is 1. The number of nitrogens with zero attached hydrogens (tertiary/aromatic N) is 1. The van der Waals surface area contributed by atoms with E-state index >= 15 is 0 Å². The van der Waals surface area contributed by atoms with Crippen molar-refractivity contribution in [1.29, 1.82) is 0 Å². The Morgan fingerprint density at radius 1 is 1.10 bits per heavy atom. The minimum atomic E-state index is -0.867. The predicted octanol–water partition coefficient (Wildman–Crippen LogP) is 5.07. The van der Waals surface area contributed by atoms with Crippen LogP contribution in [-0.2, 0) is 0 Å². The van der Waals surface area contributed by atoms with Crippen LogP contribution >= 0.6 is 31.9 Å². The third-order valence-corrected chi connectivity index (χ3v) is 5.85. The van der Waals surface area contributed by atoms with Gasteiger partial charge in [0.15, 0.2) is 0 Å². The Balaban J connectivity index is 1.85. The molecule has 1 aromatic carbocycles. The summed E-state index contributed by atoms with van der Waals surface area (Å²) >= 11 is 6.91. The lowest BCUT2D eigenvalue weighted by molar-refractivity contribution is 0.0696. The van der Waals surface area contributed by atoms with Crippen molar-refractivity contribution in [2.75, 3.05) is 18.0 Å². The number of rotatable bonds is 2. The Hall–Kier alpha value is -0.550. The average Bonchev–Trinajstić information content (AvgIpc) is 2.62. The van der Waals surface area contributed by atoms with Gasteiger partial charge in [0.2, 0.25) is 0 Å². The van der Waals surface area contributed by atoms with E-state index in [0.717, 1.165) is 27.7 Å². The monoisotopic (exact) mass is 415 g/mol. The van der Waals surface area contributed by atoms with Gasteiger partial charge < -0.3 is 10.0 Å². The van der Waals surface area contributed by atoms with Crippen LogP contribution in [0, 0.1) is 5.41 Å². The van der Waals surface area contributed by atoms with Crippen LogP contribution in [0.4, 0.5) is 5.69 Å². The summed E-state index contributed by atoms with van der Waals surface area (Å²) in [5.74, 6) is -0.867. The van der Waals surface area contributed by atoms with E-state index in [-0.39, 0.29) is 0 Å². The van der Waals surface area contributed by atoms with Crippen LogP contribution in [0.1, 0.15) is 48.9 Å². The summed E-state index contributed by atoms with van der Waals surface area (Å²) < 4.78 is 1.65.